The molecule has 0 aliphatic heterocycles. The van der Waals surface area contributed by atoms with Gasteiger partial charge in [-0.2, -0.15) is 0 Å². The van der Waals surface area contributed by atoms with Gasteiger partial charge in [0.25, 0.3) is 5.91 Å². The summed E-state index contributed by atoms with van der Waals surface area (Å²) in [6, 6.07) is 10.8. The van der Waals surface area contributed by atoms with E-state index in [1.807, 2.05) is 31.2 Å². The van der Waals surface area contributed by atoms with E-state index in [9.17, 15) is 4.79 Å². The van der Waals surface area contributed by atoms with Gasteiger partial charge in [0.15, 0.2) is 11.5 Å². The van der Waals surface area contributed by atoms with Gasteiger partial charge >= 0.3 is 0 Å². The number of carbonyl (C=O) groups is 1. The van der Waals surface area contributed by atoms with Crippen molar-refractivity contribution in [3.8, 4) is 23.0 Å². The van der Waals surface area contributed by atoms with Crippen molar-refractivity contribution in [1.29, 1.82) is 0 Å². The van der Waals surface area contributed by atoms with Crippen molar-refractivity contribution >= 4 is 5.91 Å². The Labute approximate surface area is 166 Å². The fourth-order valence-corrected chi connectivity index (χ4v) is 2.72. The number of benzene rings is 2. The van der Waals surface area contributed by atoms with Crippen LogP contribution in [-0.2, 0) is 6.42 Å². The minimum absolute atomic E-state index is 0.207. The summed E-state index contributed by atoms with van der Waals surface area (Å²) in [6.45, 7) is 7.03. The predicted octanol–water partition coefficient (Wildman–Crippen LogP) is 3.64. The van der Waals surface area contributed by atoms with Gasteiger partial charge in [-0.1, -0.05) is 6.08 Å². The van der Waals surface area contributed by atoms with Crippen LogP contribution in [0.5, 0.6) is 23.0 Å². The third kappa shape index (κ3) is 5.67. The molecule has 2 aromatic carbocycles. The molecule has 150 valence electrons. The topological polar surface area (TPSA) is 66.0 Å². The molecular weight excluding hydrogens is 358 g/mol. The molecule has 0 saturated carbocycles. The first-order valence-corrected chi connectivity index (χ1v) is 9.12. The minimum Gasteiger partial charge on any atom is -0.494 e. The molecule has 2 rings (SSSR count). The lowest BCUT2D eigenvalue weighted by Gasteiger charge is -2.14. The highest BCUT2D eigenvalue weighted by atomic mass is 16.5. The molecule has 0 saturated heterocycles. The van der Waals surface area contributed by atoms with Gasteiger partial charge in [-0.15, -0.1) is 6.58 Å². The lowest BCUT2D eigenvalue weighted by atomic mass is 10.0. The molecule has 1 amide bonds. The van der Waals surface area contributed by atoms with Crippen LogP contribution in [0.15, 0.2) is 49.1 Å². The highest BCUT2D eigenvalue weighted by molar-refractivity contribution is 5.95. The largest absolute Gasteiger partial charge is 0.494 e. The molecule has 2 aromatic rings. The number of amides is 1. The van der Waals surface area contributed by atoms with Crippen molar-refractivity contribution in [2.45, 2.75) is 13.3 Å². The van der Waals surface area contributed by atoms with Gasteiger partial charge in [0.1, 0.15) is 18.1 Å². The van der Waals surface area contributed by atoms with Crippen LogP contribution in [0.1, 0.15) is 22.8 Å². The van der Waals surface area contributed by atoms with Crippen molar-refractivity contribution < 1.29 is 23.7 Å². The molecule has 28 heavy (non-hydrogen) atoms. The second-order valence-corrected chi connectivity index (χ2v) is 5.87. The minimum atomic E-state index is -0.207. The lowest BCUT2D eigenvalue weighted by molar-refractivity contribution is 0.0946. The van der Waals surface area contributed by atoms with Crippen LogP contribution < -0.4 is 24.3 Å². The molecule has 6 nitrogen and oxygen atoms in total. The molecule has 0 aliphatic rings. The number of hydrogen-bond acceptors (Lipinski definition) is 5. The molecule has 0 spiro atoms. The van der Waals surface area contributed by atoms with Gasteiger partial charge in [0, 0.05) is 11.1 Å². The van der Waals surface area contributed by atoms with Gasteiger partial charge in [0.2, 0.25) is 0 Å². The zero-order chi connectivity index (χ0) is 20.4. The molecule has 0 unspecified atom stereocenters. The van der Waals surface area contributed by atoms with Crippen LogP contribution in [0.4, 0.5) is 0 Å². The second-order valence-electron chi connectivity index (χ2n) is 5.87. The maximum absolute atomic E-state index is 12.5. The van der Waals surface area contributed by atoms with Gasteiger partial charge < -0.3 is 24.3 Å². The van der Waals surface area contributed by atoms with E-state index in [2.05, 4.69) is 11.9 Å². The highest BCUT2D eigenvalue weighted by Crippen LogP contribution is 2.33. The van der Waals surface area contributed by atoms with E-state index >= 15 is 0 Å². The Hall–Kier alpha value is -3.15. The van der Waals surface area contributed by atoms with Gasteiger partial charge in [0.05, 0.1) is 27.4 Å². The number of allylic oxidation sites excluding steroid dienone is 1. The molecule has 6 heteroatoms. The summed E-state index contributed by atoms with van der Waals surface area (Å²) >= 11 is 0. The smallest absolute Gasteiger partial charge is 0.251 e. The Balaban J connectivity index is 1.93. The first-order valence-electron chi connectivity index (χ1n) is 9.12. The normalized spacial score (nSPS) is 10.1. The highest BCUT2D eigenvalue weighted by Gasteiger charge is 2.15. The molecular formula is C22H27NO5. The van der Waals surface area contributed by atoms with Crippen molar-refractivity contribution in [1.82, 2.24) is 5.32 Å². The van der Waals surface area contributed by atoms with Crippen LogP contribution in [0, 0.1) is 0 Å². The Kier molecular flexibility index (Phi) is 8.21. The average molecular weight is 385 g/mol. The Morgan fingerprint density at radius 1 is 1.07 bits per heavy atom. The lowest BCUT2D eigenvalue weighted by Crippen LogP contribution is -2.28. The van der Waals surface area contributed by atoms with E-state index in [0.717, 1.165) is 17.1 Å². The Bertz CT molecular complexity index is 786. The quantitative estimate of drug-likeness (QED) is 0.473. The molecule has 0 radical (unpaired) electrons. The van der Waals surface area contributed by atoms with Crippen molar-refractivity contribution in [3.05, 3.63) is 60.2 Å². The Morgan fingerprint density at radius 3 is 2.32 bits per heavy atom. The molecule has 0 aromatic heterocycles. The van der Waals surface area contributed by atoms with E-state index in [-0.39, 0.29) is 5.91 Å². The van der Waals surface area contributed by atoms with Gasteiger partial charge in [-0.05, 0) is 49.7 Å². The van der Waals surface area contributed by atoms with Gasteiger partial charge in [-0.3, -0.25) is 4.79 Å². The standard InChI is InChI=1S/C22H27NO5/c1-5-7-16-14-17(15-20(25-3)21(16)26-4)22(24)23-12-13-28-19-10-8-18(9-11-19)27-6-2/h5,8-11,14-15H,1,6-7,12-13H2,2-4H3,(H,23,24). The third-order valence-electron chi connectivity index (χ3n) is 3.97. The van der Waals surface area contributed by atoms with Crippen molar-refractivity contribution in [3.63, 3.8) is 0 Å². The third-order valence-corrected chi connectivity index (χ3v) is 3.97. The number of rotatable bonds is 11. The second kappa shape index (κ2) is 10.9. The molecule has 0 heterocycles. The number of carbonyl (C=O) groups excluding carboxylic acids is 1. The first-order chi connectivity index (χ1) is 13.6. The van der Waals surface area contributed by atoms with Crippen LogP contribution in [0.3, 0.4) is 0 Å². The van der Waals surface area contributed by atoms with E-state index < -0.39 is 0 Å². The van der Waals surface area contributed by atoms with Crippen LogP contribution in [-0.4, -0.2) is 39.9 Å². The SMILES string of the molecule is C=CCc1cc(C(=O)NCCOc2ccc(OCC)cc2)cc(OC)c1OC. The summed E-state index contributed by atoms with van der Waals surface area (Å²) in [7, 11) is 3.12. The number of nitrogens with one attached hydrogen (secondary N) is 1. The maximum atomic E-state index is 12.5. The summed E-state index contributed by atoms with van der Waals surface area (Å²) < 4.78 is 21.8. The van der Waals surface area contributed by atoms with Crippen molar-refractivity contribution in [2.75, 3.05) is 34.0 Å². The van der Waals surface area contributed by atoms with Crippen LogP contribution in [0.2, 0.25) is 0 Å². The van der Waals surface area contributed by atoms with Crippen molar-refractivity contribution in [2.24, 2.45) is 0 Å². The van der Waals surface area contributed by atoms with E-state index in [1.54, 1.807) is 32.4 Å². The van der Waals surface area contributed by atoms with Crippen LogP contribution in [0.25, 0.3) is 0 Å². The molecule has 0 bridgehead atoms. The zero-order valence-electron chi connectivity index (χ0n) is 16.6. The number of hydrogen-bond donors (Lipinski definition) is 1. The van der Waals surface area contributed by atoms with E-state index in [1.165, 1.54) is 0 Å². The summed E-state index contributed by atoms with van der Waals surface area (Å²) in [5.74, 6) is 2.43. The van der Waals surface area contributed by atoms with E-state index in [4.69, 9.17) is 18.9 Å². The average Bonchev–Trinajstić information content (AvgIpc) is 2.72. The number of methoxy groups -OCH3 is 2. The molecule has 0 aliphatic carbocycles. The monoisotopic (exact) mass is 385 g/mol. The molecule has 1 N–H and O–H groups in total. The Morgan fingerprint density at radius 2 is 1.75 bits per heavy atom. The van der Waals surface area contributed by atoms with Crippen LogP contribution >= 0.6 is 0 Å². The summed E-state index contributed by atoms with van der Waals surface area (Å²) in [6.07, 6.45) is 2.32. The summed E-state index contributed by atoms with van der Waals surface area (Å²) in [5.41, 5.74) is 1.34. The maximum Gasteiger partial charge on any atom is 0.251 e. The van der Waals surface area contributed by atoms with Gasteiger partial charge in [-0.25, -0.2) is 0 Å². The zero-order valence-corrected chi connectivity index (χ0v) is 16.6. The summed E-state index contributed by atoms with van der Waals surface area (Å²) in [4.78, 5) is 12.5. The fourth-order valence-electron chi connectivity index (χ4n) is 2.72. The summed E-state index contributed by atoms with van der Waals surface area (Å²) in [5, 5.41) is 2.85. The predicted molar refractivity (Wildman–Crippen MR) is 109 cm³/mol. The number of ether oxygens (including phenoxy) is 4. The van der Waals surface area contributed by atoms with E-state index in [0.29, 0.717) is 43.2 Å². The fraction of sp³-hybridized carbons (Fsp3) is 0.318. The molecule has 0 fully saturated rings. The first kappa shape index (κ1) is 21.2. The molecule has 0 atom stereocenters.